The number of hydrogen-bond acceptors (Lipinski definition) is 5. The fourth-order valence-electron chi connectivity index (χ4n) is 2.97. The zero-order valence-corrected chi connectivity index (χ0v) is 16.5. The normalized spacial score (nSPS) is 13.4. The highest BCUT2D eigenvalue weighted by Crippen LogP contribution is 2.33. The van der Waals surface area contributed by atoms with Crippen molar-refractivity contribution in [2.24, 2.45) is 5.92 Å². The molecule has 2 aromatic heterocycles. The third-order valence-corrected chi connectivity index (χ3v) is 5.80. The largest absolute Gasteiger partial charge is 0.321 e. The fourth-order valence-corrected chi connectivity index (χ4v) is 3.94. The van der Waals surface area contributed by atoms with Gasteiger partial charge in [0.25, 0.3) is 5.91 Å². The molecular weight excluding hydrogens is 374 g/mol. The molecule has 28 heavy (non-hydrogen) atoms. The van der Waals surface area contributed by atoms with Crippen LogP contribution in [-0.4, -0.2) is 26.6 Å². The van der Waals surface area contributed by atoms with Crippen LogP contribution in [0.3, 0.4) is 0 Å². The van der Waals surface area contributed by atoms with Gasteiger partial charge in [0.05, 0.1) is 9.88 Å². The lowest BCUT2D eigenvalue weighted by Crippen LogP contribution is -2.12. The molecule has 1 fully saturated rings. The molecule has 1 aromatic carbocycles. The smallest absolute Gasteiger partial charge is 0.266 e. The average Bonchev–Trinajstić information content (AvgIpc) is 3.31. The summed E-state index contributed by atoms with van der Waals surface area (Å²) >= 11 is 1.30. The number of carbonyl (C=O) groups excluding carboxylic acids is 2. The van der Waals surface area contributed by atoms with Crippen molar-refractivity contribution in [3.05, 3.63) is 47.1 Å². The lowest BCUT2D eigenvalue weighted by atomic mass is 10.2. The summed E-state index contributed by atoms with van der Waals surface area (Å²) in [5.41, 5.74) is 2.41. The van der Waals surface area contributed by atoms with Crippen molar-refractivity contribution in [2.45, 2.75) is 33.2 Å². The molecule has 0 bridgehead atoms. The average molecular weight is 395 g/mol. The highest BCUT2D eigenvalue weighted by Gasteiger charge is 2.30. The topological polar surface area (TPSA) is 88.9 Å². The Balaban J connectivity index is 1.50. The van der Waals surface area contributed by atoms with Crippen molar-refractivity contribution in [3.63, 3.8) is 0 Å². The number of carbonyl (C=O) groups is 2. The van der Waals surface area contributed by atoms with Gasteiger partial charge in [-0.1, -0.05) is 12.1 Å². The van der Waals surface area contributed by atoms with Gasteiger partial charge in [-0.2, -0.15) is 0 Å². The zero-order valence-electron chi connectivity index (χ0n) is 15.7. The molecule has 2 N–H and O–H groups in total. The summed E-state index contributed by atoms with van der Waals surface area (Å²) in [5.74, 6) is 0.744. The van der Waals surface area contributed by atoms with Crippen LogP contribution in [0.15, 0.2) is 36.7 Å². The summed E-state index contributed by atoms with van der Waals surface area (Å²) in [6.45, 7) is 4.67. The molecule has 8 heteroatoms. The van der Waals surface area contributed by atoms with Crippen molar-refractivity contribution in [1.29, 1.82) is 0 Å². The first-order valence-corrected chi connectivity index (χ1v) is 10.1. The Morgan fingerprint density at radius 2 is 2.07 bits per heavy atom. The number of aryl methyl sites for hydroxylation is 2. The maximum absolute atomic E-state index is 12.8. The molecule has 7 nitrogen and oxygen atoms in total. The number of anilines is 2. The van der Waals surface area contributed by atoms with Crippen LogP contribution >= 0.6 is 11.3 Å². The molecule has 1 saturated carbocycles. The lowest BCUT2D eigenvalue weighted by Gasteiger charge is -2.08. The Morgan fingerprint density at radius 1 is 1.25 bits per heavy atom. The monoisotopic (exact) mass is 395 g/mol. The minimum Gasteiger partial charge on any atom is -0.321 e. The van der Waals surface area contributed by atoms with Gasteiger partial charge in [-0.25, -0.2) is 0 Å². The molecular formula is C20H21N5O2S. The van der Waals surface area contributed by atoms with E-state index in [0.29, 0.717) is 15.6 Å². The highest BCUT2D eigenvalue weighted by atomic mass is 32.1. The summed E-state index contributed by atoms with van der Waals surface area (Å²) in [5, 5.41) is 14.7. The molecule has 0 aliphatic heterocycles. The predicted octanol–water partition coefficient (Wildman–Crippen LogP) is 3.94. The predicted molar refractivity (Wildman–Crippen MR) is 109 cm³/mol. The van der Waals surface area contributed by atoms with Crippen LogP contribution in [0.1, 0.15) is 35.0 Å². The van der Waals surface area contributed by atoms with Crippen molar-refractivity contribution >= 4 is 33.8 Å². The number of thiophene rings is 1. The van der Waals surface area contributed by atoms with Gasteiger partial charge in [0.2, 0.25) is 5.91 Å². The quantitative estimate of drug-likeness (QED) is 0.662. The van der Waals surface area contributed by atoms with Crippen LogP contribution in [0, 0.1) is 12.8 Å². The van der Waals surface area contributed by atoms with Crippen LogP contribution in [0.4, 0.5) is 10.7 Å². The second-order valence-electron chi connectivity index (χ2n) is 6.86. The first-order valence-electron chi connectivity index (χ1n) is 9.26. The van der Waals surface area contributed by atoms with E-state index in [4.69, 9.17) is 0 Å². The van der Waals surface area contributed by atoms with Gasteiger partial charge in [-0.3, -0.25) is 9.59 Å². The number of rotatable bonds is 6. The summed E-state index contributed by atoms with van der Waals surface area (Å²) in [6, 6.07) is 9.38. The van der Waals surface area contributed by atoms with Gasteiger partial charge in [0, 0.05) is 23.7 Å². The summed E-state index contributed by atoms with van der Waals surface area (Å²) < 4.78 is 1.94. The first-order chi connectivity index (χ1) is 13.5. The first kappa shape index (κ1) is 18.4. The van der Waals surface area contributed by atoms with Crippen molar-refractivity contribution in [1.82, 2.24) is 14.8 Å². The number of nitrogens with zero attached hydrogens (tertiary/aromatic N) is 3. The number of aromatic nitrogens is 3. The second kappa shape index (κ2) is 7.55. The van der Waals surface area contributed by atoms with Crippen LogP contribution in [0.25, 0.3) is 11.4 Å². The van der Waals surface area contributed by atoms with E-state index in [2.05, 4.69) is 20.8 Å². The third-order valence-electron chi connectivity index (χ3n) is 4.65. The van der Waals surface area contributed by atoms with E-state index in [9.17, 15) is 9.59 Å². The third kappa shape index (κ3) is 3.82. The second-order valence-corrected chi connectivity index (χ2v) is 7.91. The number of benzene rings is 1. The van der Waals surface area contributed by atoms with Crippen molar-refractivity contribution in [2.75, 3.05) is 10.6 Å². The zero-order chi connectivity index (χ0) is 19.7. The number of nitrogens with one attached hydrogen (secondary N) is 2. The Hall–Kier alpha value is -3.00. The van der Waals surface area contributed by atoms with Crippen LogP contribution < -0.4 is 10.6 Å². The van der Waals surface area contributed by atoms with E-state index in [-0.39, 0.29) is 17.7 Å². The maximum Gasteiger partial charge on any atom is 0.266 e. The summed E-state index contributed by atoms with van der Waals surface area (Å²) in [7, 11) is 0. The molecule has 144 valence electrons. The van der Waals surface area contributed by atoms with Gasteiger partial charge < -0.3 is 15.2 Å². The van der Waals surface area contributed by atoms with Crippen LogP contribution in [-0.2, 0) is 11.3 Å². The molecule has 0 saturated heterocycles. The molecule has 0 radical (unpaired) electrons. The van der Waals surface area contributed by atoms with E-state index < -0.39 is 0 Å². The Bertz CT molecular complexity index is 1030. The standard InChI is InChI=1S/C20H21N5O2S/c1-3-25-11-21-24-18(25)14-5-4-6-15(10-14)22-20(27)17-12(2)9-16(28-17)23-19(26)13-7-8-13/h4-6,9-11,13H,3,7-8H2,1-2H3,(H,22,27)(H,23,26). The van der Waals surface area contributed by atoms with Gasteiger partial charge in [0.15, 0.2) is 5.82 Å². The van der Waals surface area contributed by atoms with Gasteiger partial charge in [-0.15, -0.1) is 21.5 Å². The molecule has 1 aliphatic rings. The minimum absolute atomic E-state index is 0.0425. The van der Waals surface area contributed by atoms with Crippen LogP contribution in [0.5, 0.6) is 0 Å². The summed E-state index contributed by atoms with van der Waals surface area (Å²) in [4.78, 5) is 25.3. The Morgan fingerprint density at radius 3 is 2.82 bits per heavy atom. The van der Waals surface area contributed by atoms with E-state index in [1.165, 1.54) is 11.3 Å². The molecule has 0 unspecified atom stereocenters. The molecule has 0 atom stereocenters. The molecule has 0 spiro atoms. The molecule has 1 aliphatic carbocycles. The van der Waals surface area contributed by atoms with Gasteiger partial charge >= 0.3 is 0 Å². The van der Waals surface area contributed by atoms with E-state index >= 15 is 0 Å². The molecule has 2 amide bonds. The Labute approximate surface area is 166 Å². The van der Waals surface area contributed by atoms with Crippen molar-refractivity contribution < 1.29 is 9.59 Å². The lowest BCUT2D eigenvalue weighted by molar-refractivity contribution is -0.117. The van der Waals surface area contributed by atoms with E-state index in [1.54, 1.807) is 6.33 Å². The van der Waals surface area contributed by atoms with Crippen molar-refractivity contribution in [3.8, 4) is 11.4 Å². The van der Waals surface area contributed by atoms with E-state index in [0.717, 1.165) is 36.3 Å². The number of hydrogen-bond donors (Lipinski definition) is 2. The SMILES string of the molecule is CCn1cnnc1-c1cccc(NC(=O)c2sc(NC(=O)C3CC3)cc2C)c1. The number of amides is 2. The molecule has 2 heterocycles. The fraction of sp³-hybridized carbons (Fsp3) is 0.300. The van der Waals surface area contributed by atoms with Gasteiger partial charge in [0.1, 0.15) is 6.33 Å². The summed E-state index contributed by atoms with van der Waals surface area (Å²) in [6.07, 6.45) is 3.59. The molecule has 4 rings (SSSR count). The Kier molecular flexibility index (Phi) is 4.95. The van der Waals surface area contributed by atoms with Crippen LogP contribution in [0.2, 0.25) is 0 Å². The van der Waals surface area contributed by atoms with E-state index in [1.807, 2.05) is 48.7 Å². The molecule has 3 aromatic rings. The maximum atomic E-state index is 12.8. The van der Waals surface area contributed by atoms with Gasteiger partial charge in [-0.05, 0) is 50.5 Å². The highest BCUT2D eigenvalue weighted by molar-refractivity contribution is 7.18. The minimum atomic E-state index is -0.191.